The number of amides is 1. The highest BCUT2D eigenvalue weighted by atomic mass is 16.1. The summed E-state index contributed by atoms with van der Waals surface area (Å²) in [4.78, 5) is 28.7. The molecule has 2 aromatic heterocycles. The lowest BCUT2D eigenvalue weighted by Crippen LogP contribution is -2.49. The van der Waals surface area contributed by atoms with Gasteiger partial charge in [0.05, 0.1) is 11.8 Å². The maximum Gasteiger partial charge on any atom is 0.273 e. The van der Waals surface area contributed by atoms with Gasteiger partial charge in [0, 0.05) is 24.8 Å². The largest absolute Gasteiger partial charge is 0.350 e. The van der Waals surface area contributed by atoms with Gasteiger partial charge in [0.2, 0.25) is 5.91 Å². The Hall–Kier alpha value is -2.15. The minimum absolute atomic E-state index is 0.129. The van der Waals surface area contributed by atoms with E-state index in [0.29, 0.717) is 17.6 Å². The topological polar surface area (TPSA) is 106 Å². The molecule has 22 heavy (non-hydrogen) atoms. The van der Waals surface area contributed by atoms with Gasteiger partial charge in [0.1, 0.15) is 0 Å². The normalized spacial score (nSPS) is 11.9. The molecule has 0 fully saturated rings. The van der Waals surface area contributed by atoms with E-state index in [-0.39, 0.29) is 17.9 Å². The van der Waals surface area contributed by atoms with E-state index in [1.807, 2.05) is 27.7 Å². The van der Waals surface area contributed by atoms with Crippen LogP contribution in [0, 0.1) is 13.8 Å². The summed E-state index contributed by atoms with van der Waals surface area (Å²) in [5, 5.41) is 6.12. The molecule has 0 saturated heterocycles. The van der Waals surface area contributed by atoms with Gasteiger partial charge in [-0.3, -0.25) is 19.4 Å². The van der Waals surface area contributed by atoms with Crippen LogP contribution >= 0.6 is 0 Å². The third-order valence-electron chi connectivity index (χ3n) is 3.90. The first kappa shape index (κ1) is 16.2. The first-order chi connectivity index (χ1) is 10.2. The number of carbonyl (C=O) groups is 1. The van der Waals surface area contributed by atoms with E-state index in [9.17, 15) is 9.59 Å². The number of hydrogen-bond donors (Lipinski definition) is 3. The van der Waals surface area contributed by atoms with Gasteiger partial charge in [0.25, 0.3) is 5.56 Å². The summed E-state index contributed by atoms with van der Waals surface area (Å²) in [5.74, 6) is -0.129. The smallest absolute Gasteiger partial charge is 0.273 e. The summed E-state index contributed by atoms with van der Waals surface area (Å²) in [6.07, 6.45) is 0.179. The average Bonchev–Trinajstić information content (AvgIpc) is 2.69. The van der Waals surface area contributed by atoms with Gasteiger partial charge in [0.15, 0.2) is 5.65 Å². The van der Waals surface area contributed by atoms with Crippen LogP contribution < -0.4 is 16.6 Å². The highest BCUT2D eigenvalue weighted by Crippen LogP contribution is 2.20. The van der Waals surface area contributed by atoms with Crippen molar-refractivity contribution in [3.05, 3.63) is 27.2 Å². The Kier molecular flexibility index (Phi) is 4.10. The fourth-order valence-corrected chi connectivity index (χ4v) is 2.54. The molecule has 4 N–H and O–H groups in total. The number of fused-ring (bicyclic) bond motifs is 1. The molecule has 7 nitrogen and oxygen atoms in total. The van der Waals surface area contributed by atoms with Crippen LogP contribution in [0.2, 0.25) is 0 Å². The van der Waals surface area contributed by atoms with Crippen molar-refractivity contribution < 1.29 is 4.79 Å². The Morgan fingerprint density at radius 3 is 2.64 bits per heavy atom. The van der Waals surface area contributed by atoms with Crippen molar-refractivity contribution in [2.45, 2.75) is 39.7 Å². The molecule has 2 rings (SSSR count). The Morgan fingerprint density at radius 2 is 2.05 bits per heavy atom. The molecular weight excluding hydrogens is 282 g/mol. The number of nitrogens with two attached hydrogens (primary N) is 1. The molecule has 0 atom stereocenters. The van der Waals surface area contributed by atoms with Gasteiger partial charge in [-0.1, -0.05) is 0 Å². The van der Waals surface area contributed by atoms with E-state index in [0.717, 1.165) is 16.8 Å². The van der Waals surface area contributed by atoms with Crippen LogP contribution in [0.15, 0.2) is 4.79 Å². The minimum Gasteiger partial charge on any atom is -0.350 e. The zero-order valence-corrected chi connectivity index (χ0v) is 13.7. The van der Waals surface area contributed by atoms with Gasteiger partial charge >= 0.3 is 0 Å². The van der Waals surface area contributed by atoms with Crippen LogP contribution in [-0.4, -0.2) is 32.8 Å². The third-order valence-corrected chi connectivity index (χ3v) is 3.90. The molecule has 0 aromatic carbocycles. The number of aromatic amines is 1. The van der Waals surface area contributed by atoms with E-state index in [2.05, 4.69) is 15.4 Å². The molecule has 0 saturated carbocycles. The second-order valence-electron chi connectivity index (χ2n) is 6.31. The molecular formula is C15H23N5O2. The van der Waals surface area contributed by atoms with E-state index in [1.165, 1.54) is 0 Å². The molecule has 120 valence electrons. The number of carbonyl (C=O) groups excluding carboxylic acids is 1. The number of aromatic nitrogens is 3. The highest BCUT2D eigenvalue weighted by molar-refractivity contribution is 5.85. The Balaban J connectivity index is 2.42. The Bertz CT molecular complexity index is 785. The number of rotatable bonds is 4. The van der Waals surface area contributed by atoms with Crippen LogP contribution in [0.4, 0.5) is 0 Å². The Morgan fingerprint density at radius 1 is 1.41 bits per heavy atom. The van der Waals surface area contributed by atoms with Crippen LogP contribution in [-0.2, 0) is 18.3 Å². The molecule has 0 spiro atoms. The number of hydrogen-bond acceptors (Lipinski definition) is 4. The monoisotopic (exact) mass is 305 g/mol. The van der Waals surface area contributed by atoms with Gasteiger partial charge in [-0.15, -0.1) is 0 Å². The first-order valence-corrected chi connectivity index (χ1v) is 7.22. The lowest BCUT2D eigenvalue weighted by molar-refractivity contribution is -0.121. The van der Waals surface area contributed by atoms with Gasteiger partial charge in [-0.05, 0) is 38.8 Å². The second kappa shape index (κ2) is 5.57. The lowest BCUT2D eigenvalue weighted by Gasteiger charge is -2.24. The van der Waals surface area contributed by atoms with Crippen LogP contribution in [0.25, 0.3) is 11.0 Å². The predicted molar refractivity (Wildman–Crippen MR) is 85.8 cm³/mol. The predicted octanol–water partition coefficient (Wildman–Crippen LogP) is 0.274. The molecule has 7 heteroatoms. The second-order valence-corrected chi connectivity index (χ2v) is 6.31. The van der Waals surface area contributed by atoms with Crippen molar-refractivity contribution in [2.24, 2.45) is 12.8 Å². The average molecular weight is 305 g/mol. The zero-order valence-electron chi connectivity index (χ0n) is 13.7. The van der Waals surface area contributed by atoms with E-state index >= 15 is 0 Å². The summed E-state index contributed by atoms with van der Waals surface area (Å²) in [7, 11) is 1.74. The molecule has 2 heterocycles. The molecule has 0 bridgehead atoms. The van der Waals surface area contributed by atoms with Crippen molar-refractivity contribution in [1.82, 2.24) is 20.1 Å². The van der Waals surface area contributed by atoms with Gasteiger partial charge in [-0.25, -0.2) is 4.98 Å². The molecule has 0 radical (unpaired) electrons. The zero-order chi connectivity index (χ0) is 16.7. The minimum atomic E-state index is -0.458. The SMILES string of the molecule is Cc1nc2c(c(C)c1CC(=O)NC(C)(C)CN)c(=O)[nH]n2C. The first-order valence-electron chi connectivity index (χ1n) is 7.22. The number of nitrogens with zero attached hydrogens (tertiary/aromatic N) is 2. The summed E-state index contributed by atoms with van der Waals surface area (Å²) in [6, 6.07) is 0. The van der Waals surface area contributed by atoms with Gasteiger partial charge in [-0.2, -0.15) is 0 Å². The fraction of sp³-hybridized carbons (Fsp3) is 0.533. The summed E-state index contributed by atoms with van der Waals surface area (Å²) in [6.45, 7) is 7.79. The maximum atomic E-state index is 12.2. The fourth-order valence-electron chi connectivity index (χ4n) is 2.54. The van der Waals surface area contributed by atoms with Crippen LogP contribution in [0.5, 0.6) is 0 Å². The molecule has 0 unspecified atom stereocenters. The van der Waals surface area contributed by atoms with Gasteiger partial charge < -0.3 is 11.1 Å². The quantitative estimate of drug-likeness (QED) is 0.754. The van der Waals surface area contributed by atoms with Crippen molar-refractivity contribution in [1.29, 1.82) is 0 Å². The maximum absolute atomic E-state index is 12.2. The third kappa shape index (κ3) is 2.89. The van der Waals surface area contributed by atoms with Crippen molar-refractivity contribution in [3.8, 4) is 0 Å². The molecule has 0 aliphatic heterocycles. The van der Waals surface area contributed by atoms with E-state index in [4.69, 9.17) is 5.73 Å². The number of H-pyrrole nitrogens is 1. The van der Waals surface area contributed by atoms with Crippen LogP contribution in [0.1, 0.15) is 30.7 Å². The number of pyridine rings is 1. The summed E-state index contributed by atoms with van der Waals surface area (Å²) >= 11 is 0. The van der Waals surface area contributed by atoms with E-state index < -0.39 is 5.54 Å². The molecule has 2 aromatic rings. The molecule has 1 amide bonds. The van der Waals surface area contributed by atoms with E-state index in [1.54, 1.807) is 11.7 Å². The summed E-state index contributed by atoms with van der Waals surface area (Å²) in [5.41, 5.74) is 7.92. The lowest BCUT2D eigenvalue weighted by atomic mass is 10.00. The molecule has 0 aliphatic rings. The number of nitrogens with one attached hydrogen (secondary N) is 2. The Labute approximate surface area is 128 Å². The van der Waals surface area contributed by atoms with Crippen molar-refractivity contribution >= 4 is 16.9 Å². The number of aryl methyl sites for hydroxylation is 3. The molecule has 0 aliphatic carbocycles. The van der Waals surface area contributed by atoms with Crippen molar-refractivity contribution in [3.63, 3.8) is 0 Å². The van der Waals surface area contributed by atoms with Crippen LogP contribution in [0.3, 0.4) is 0 Å². The standard InChI is InChI=1S/C15H23N5O2/c1-8-10(6-11(21)18-15(3,4)7-16)9(2)17-13-12(8)14(22)19-20(13)5/h6-7,16H2,1-5H3,(H,18,21)(H,19,22). The summed E-state index contributed by atoms with van der Waals surface area (Å²) < 4.78 is 1.60. The van der Waals surface area contributed by atoms with Crippen molar-refractivity contribution in [2.75, 3.05) is 6.54 Å². The highest BCUT2D eigenvalue weighted by Gasteiger charge is 2.21.